The van der Waals surface area contributed by atoms with Crippen LogP contribution in [0.5, 0.6) is 5.75 Å². The fourth-order valence-corrected chi connectivity index (χ4v) is 2.36. The minimum absolute atomic E-state index is 0.196. The number of aliphatic hydroxyl groups excluding tert-OH is 1. The van der Waals surface area contributed by atoms with E-state index in [2.05, 4.69) is 11.1 Å². The SMILES string of the molecule is COc1cccc(CC(CO)CCc2nccn2C)c1. The highest BCUT2D eigenvalue weighted by Gasteiger charge is 2.11. The van der Waals surface area contributed by atoms with Crippen LogP contribution in [0.15, 0.2) is 36.7 Å². The van der Waals surface area contributed by atoms with Crippen molar-refractivity contribution in [2.24, 2.45) is 13.0 Å². The Morgan fingerprint density at radius 2 is 2.25 bits per heavy atom. The lowest BCUT2D eigenvalue weighted by Gasteiger charge is -2.14. The Hall–Kier alpha value is -1.81. The predicted octanol–water partition coefficient (Wildman–Crippen LogP) is 2.21. The third-order valence-electron chi connectivity index (χ3n) is 3.61. The molecule has 0 radical (unpaired) electrons. The van der Waals surface area contributed by atoms with E-state index in [1.165, 1.54) is 5.56 Å². The zero-order chi connectivity index (χ0) is 14.4. The molecule has 1 N–H and O–H groups in total. The largest absolute Gasteiger partial charge is 0.497 e. The Morgan fingerprint density at radius 3 is 2.90 bits per heavy atom. The van der Waals surface area contributed by atoms with Gasteiger partial charge in [0.1, 0.15) is 11.6 Å². The first-order valence-electron chi connectivity index (χ1n) is 6.93. The molecule has 0 amide bonds. The summed E-state index contributed by atoms with van der Waals surface area (Å²) < 4.78 is 7.26. The van der Waals surface area contributed by atoms with Gasteiger partial charge >= 0.3 is 0 Å². The first kappa shape index (κ1) is 14.6. The van der Waals surface area contributed by atoms with E-state index in [4.69, 9.17) is 4.74 Å². The second-order valence-electron chi connectivity index (χ2n) is 5.10. The fraction of sp³-hybridized carbons (Fsp3) is 0.438. The van der Waals surface area contributed by atoms with Crippen LogP contribution in [-0.4, -0.2) is 28.4 Å². The molecule has 0 fully saturated rings. The number of ether oxygens (including phenoxy) is 1. The Balaban J connectivity index is 1.93. The Bertz CT molecular complexity index is 537. The van der Waals surface area contributed by atoms with Crippen LogP contribution < -0.4 is 4.74 Å². The maximum absolute atomic E-state index is 9.55. The van der Waals surface area contributed by atoms with Crippen LogP contribution in [0.25, 0.3) is 0 Å². The van der Waals surface area contributed by atoms with Gasteiger partial charge in [0.05, 0.1) is 7.11 Å². The van der Waals surface area contributed by atoms with Crippen LogP contribution in [0.2, 0.25) is 0 Å². The standard InChI is InChI=1S/C16H22N2O2/c1-18-9-8-17-16(18)7-6-14(12-19)10-13-4-3-5-15(11-13)20-2/h3-5,8-9,11,14,19H,6-7,10,12H2,1-2H3. The number of rotatable bonds is 7. The van der Waals surface area contributed by atoms with Crippen LogP contribution in [0.3, 0.4) is 0 Å². The lowest BCUT2D eigenvalue weighted by molar-refractivity contribution is 0.217. The van der Waals surface area contributed by atoms with Crippen LogP contribution in [0.4, 0.5) is 0 Å². The average Bonchev–Trinajstić information content (AvgIpc) is 2.89. The highest BCUT2D eigenvalue weighted by Crippen LogP contribution is 2.18. The van der Waals surface area contributed by atoms with Crippen LogP contribution >= 0.6 is 0 Å². The molecule has 0 saturated heterocycles. The van der Waals surface area contributed by atoms with Crippen LogP contribution in [-0.2, 0) is 19.9 Å². The van der Waals surface area contributed by atoms with Crippen molar-refractivity contribution in [3.63, 3.8) is 0 Å². The van der Waals surface area contributed by atoms with Gasteiger partial charge in [-0.15, -0.1) is 0 Å². The van der Waals surface area contributed by atoms with Gasteiger partial charge in [-0.1, -0.05) is 12.1 Å². The van der Waals surface area contributed by atoms with E-state index in [9.17, 15) is 5.11 Å². The van der Waals surface area contributed by atoms with E-state index in [0.717, 1.165) is 30.8 Å². The summed E-state index contributed by atoms with van der Waals surface area (Å²) in [7, 11) is 3.67. The molecule has 4 heteroatoms. The third kappa shape index (κ3) is 3.84. The minimum atomic E-state index is 0.196. The summed E-state index contributed by atoms with van der Waals surface area (Å²) in [5, 5.41) is 9.55. The van der Waals surface area contributed by atoms with Crippen molar-refractivity contribution in [2.45, 2.75) is 19.3 Å². The van der Waals surface area contributed by atoms with Gasteiger partial charge in [0.15, 0.2) is 0 Å². The molecule has 0 aliphatic rings. The quantitative estimate of drug-likeness (QED) is 0.842. The van der Waals surface area contributed by atoms with Crippen molar-refractivity contribution in [2.75, 3.05) is 13.7 Å². The molecule has 1 unspecified atom stereocenters. The normalized spacial score (nSPS) is 12.3. The molecule has 1 heterocycles. The van der Waals surface area contributed by atoms with Crippen molar-refractivity contribution in [1.82, 2.24) is 9.55 Å². The molecule has 1 atom stereocenters. The first-order chi connectivity index (χ1) is 9.72. The van der Waals surface area contributed by atoms with Gasteiger partial charge in [0, 0.05) is 32.5 Å². The van der Waals surface area contributed by atoms with E-state index < -0.39 is 0 Å². The van der Waals surface area contributed by atoms with Gasteiger partial charge < -0.3 is 14.4 Å². The molecular weight excluding hydrogens is 252 g/mol. The summed E-state index contributed by atoms with van der Waals surface area (Å²) in [6.07, 6.45) is 6.44. The van der Waals surface area contributed by atoms with Gasteiger partial charge in [-0.25, -0.2) is 4.98 Å². The predicted molar refractivity (Wildman–Crippen MR) is 78.8 cm³/mol. The molecule has 4 nitrogen and oxygen atoms in total. The van der Waals surface area contributed by atoms with Crippen LogP contribution in [0.1, 0.15) is 17.8 Å². The maximum Gasteiger partial charge on any atom is 0.119 e. The summed E-state index contributed by atoms with van der Waals surface area (Å²) in [6.45, 7) is 0.196. The van der Waals surface area contributed by atoms with Gasteiger partial charge in [-0.05, 0) is 36.5 Å². The summed E-state index contributed by atoms with van der Waals surface area (Å²) in [5.41, 5.74) is 1.20. The number of aliphatic hydroxyl groups is 1. The molecule has 108 valence electrons. The zero-order valence-electron chi connectivity index (χ0n) is 12.1. The second-order valence-corrected chi connectivity index (χ2v) is 5.10. The summed E-state index contributed by atoms with van der Waals surface area (Å²) in [5.74, 6) is 2.18. The fourth-order valence-electron chi connectivity index (χ4n) is 2.36. The second kappa shape index (κ2) is 7.10. The maximum atomic E-state index is 9.55. The minimum Gasteiger partial charge on any atom is -0.497 e. The Labute approximate surface area is 120 Å². The Morgan fingerprint density at radius 1 is 1.40 bits per heavy atom. The van der Waals surface area contributed by atoms with E-state index in [1.54, 1.807) is 7.11 Å². The number of aryl methyl sites for hydroxylation is 2. The third-order valence-corrected chi connectivity index (χ3v) is 3.61. The number of nitrogens with zero attached hydrogens (tertiary/aromatic N) is 2. The molecule has 0 bridgehead atoms. The number of imidazole rings is 1. The molecule has 1 aromatic heterocycles. The summed E-state index contributed by atoms with van der Waals surface area (Å²) in [6, 6.07) is 8.03. The number of aromatic nitrogens is 2. The Kier molecular flexibility index (Phi) is 5.18. The molecule has 0 aliphatic carbocycles. The zero-order valence-corrected chi connectivity index (χ0v) is 12.1. The van der Waals surface area contributed by atoms with Crippen LogP contribution in [0, 0.1) is 5.92 Å². The van der Waals surface area contributed by atoms with Crippen molar-refractivity contribution in [3.05, 3.63) is 48.0 Å². The lowest BCUT2D eigenvalue weighted by atomic mass is 9.95. The molecule has 20 heavy (non-hydrogen) atoms. The van der Waals surface area contributed by atoms with Gasteiger partial charge in [-0.3, -0.25) is 0 Å². The lowest BCUT2D eigenvalue weighted by Crippen LogP contribution is -2.12. The summed E-state index contributed by atoms with van der Waals surface area (Å²) in [4.78, 5) is 4.32. The monoisotopic (exact) mass is 274 g/mol. The summed E-state index contributed by atoms with van der Waals surface area (Å²) >= 11 is 0. The van der Waals surface area contributed by atoms with E-state index in [1.807, 2.05) is 42.2 Å². The van der Waals surface area contributed by atoms with E-state index in [0.29, 0.717) is 0 Å². The van der Waals surface area contributed by atoms with Gasteiger partial charge in [0.2, 0.25) is 0 Å². The average molecular weight is 274 g/mol. The van der Waals surface area contributed by atoms with Crippen molar-refractivity contribution in [1.29, 1.82) is 0 Å². The van der Waals surface area contributed by atoms with E-state index >= 15 is 0 Å². The molecule has 1 aromatic carbocycles. The molecule has 2 aromatic rings. The number of benzene rings is 1. The van der Waals surface area contributed by atoms with Crippen molar-refractivity contribution in [3.8, 4) is 5.75 Å². The number of hydrogen-bond acceptors (Lipinski definition) is 3. The highest BCUT2D eigenvalue weighted by atomic mass is 16.5. The van der Waals surface area contributed by atoms with Gasteiger partial charge in [-0.2, -0.15) is 0 Å². The number of methoxy groups -OCH3 is 1. The highest BCUT2D eigenvalue weighted by molar-refractivity contribution is 5.28. The van der Waals surface area contributed by atoms with Crippen molar-refractivity contribution >= 4 is 0 Å². The first-order valence-corrected chi connectivity index (χ1v) is 6.93. The number of hydrogen-bond donors (Lipinski definition) is 1. The topological polar surface area (TPSA) is 47.3 Å². The van der Waals surface area contributed by atoms with Crippen molar-refractivity contribution < 1.29 is 9.84 Å². The molecule has 2 rings (SSSR count). The molecule has 0 saturated carbocycles. The van der Waals surface area contributed by atoms with Gasteiger partial charge in [0.25, 0.3) is 0 Å². The molecule has 0 aliphatic heterocycles. The molecule has 0 spiro atoms. The molecular formula is C16H22N2O2. The van der Waals surface area contributed by atoms with E-state index in [-0.39, 0.29) is 12.5 Å². The smallest absolute Gasteiger partial charge is 0.119 e.